The topological polar surface area (TPSA) is 0 Å². The van der Waals surface area contributed by atoms with Gasteiger partial charge in [0.25, 0.3) is 0 Å². The van der Waals surface area contributed by atoms with E-state index in [1.54, 1.807) is 0 Å². The second kappa shape index (κ2) is 7.57. The predicted molar refractivity (Wildman–Crippen MR) is 41.3 cm³/mol. The van der Waals surface area contributed by atoms with Gasteiger partial charge in [0, 0.05) is 0 Å². The Morgan fingerprint density at radius 3 is 1.90 bits per heavy atom. The molecule has 0 saturated carbocycles. The van der Waals surface area contributed by atoms with E-state index < -0.39 is 0 Å². The molecule has 0 aliphatic carbocycles. The molecular formula is C8H9BrMg. The Hall–Kier alpha value is 0.466. The third-order valence-corrected chi connectivity index (χ3v) is 1.13. The first-order valence-electron chi connectivity index (χ1n) is 2.76. The summed E-state index contributed by atoms with van der Waals surface area (Å²) in [5.41, 5.74) is 1.30. The molecule has 0 aliphatic rings. The van der Waals surface area contributed by atoms with Gasteiger partial charge in [-0.3, -0.25) is 0 Å². The van der Waals surface area contributed by atoms with Gasteiger partial charge in [-0.15, -0.1) is 0 Å². The summed E-state index contributed by atoms with van der Waals surface area (Å²) < 4.78 is 0. The number of hydrogen-bond donors (Lipinski definition) is 0. The SMILES string of the molecule is [Br-].[CH2-]Cc1ccccc1.[Mg+2]. The van der Waals surface area contributed by atoms with Crippen LogP contribution in [-0.4, -0.2) is 23.1 Å². The largest absolute Gasteiger partial charge is 2.00 e. The van der Waals surface area contributed by atoms with E-state index in [9.17, 15) is 0 Å². The normalized spacial score (nSPS) is 7.30. The third kappa shape index (κ3) is 4.31. The van der Waals surface area contributed by atoms with Crippen LogP contribution in [0.3, 0.4) is 0 Å². The van der Waals surface area contributed by atoms with Gasteiger partial charge < -0.3 is 23.9 Å². The van der Waals surface area contributed by atoms with E-state index in [1.165, 1.54) is 5.56 Å². The van der Waals surface area contributed by atoms with Crippen LogP contribution in [0.4, 0.5) is 0 Å². The van der Waals surface area contributed by atoms with Crippen molar-refractivity contribution in [3.05, 3.63) is 42.8 Å². The van der Waals surface area contributed by atoms with Crippen molar-refractivity contribution < 1.29 is 17.0 Å². The fourth-order valence-corrected chi connectivity index (χ4v) is 0.645. The Morgan fingerprint density at radius 1 is 1.10 bits per heavy atom. The molecule has 0 nitrogen and oxygen atoms in total. The molecule has 1 aromatic rings. The molecule has 0 unspecified atom stereocenters. The summed E-state index contributed by atoms with van der Waals surface area (Å²) in [6, 6.07) is 10.2. The molecule has 0 bridgehead atoms. The summed E-state index contributed by atoms with van der Waals surface area (Å²) in [5.74, 6) is 0. The minimum absolute atomic E-state index is 0. The Kier molecular flexibility index (Phi) is 9.91. The number of rotatable bonds is 1. The minimum atomic E-state index is 0. The molecule has 2 heteroatoms. The van der Waals surface area contributed by atoms with Crippen molar-refractivity contribution in [1.82, 2.24) is 0 Å². The maximum atomic E-state index is 3.76. The summed E-state index contributed by atoms with van der Waals surface area (Å²) in [6.07, 6.45) is 0.890. The van der Waals surface area contributed by atoms with Crippen LogP contribution in [0.2, 0.25) is 0 Å². The quantitative estimate of drug-likeness (QED) is 0.398. The summed E-state index contributed by atoms with van der Waals surface area (Å²) in [5, 5.41) is 0. The van der Waals surface area contributed by atoms with Gasteiger partial charge in [-0.25, -0.2) is 0 Å². The van der Waals surface area contributed by atoms with Gasteiger partial charge in [0.15, 0.2) is 0 Å². The maximum Gasteiger partial charge on any atom is 2.00 e. The molecule has 0 atom stereocenters. The van der Waals surface area contributed by atoms with Crippen LogP contribution in [0.15, 0.2) is 30.3 Å². The van der Waals surface area contributed by atoms with Crippen molar-refractivity contribution in [3.8, 4) is 0 Å². The molecule has 0 aromatic heterocycles. The van der Waals surface area contributed by atoms with E-state index >= 15 is 0 Å². The van der Waals surface area contributed by atoms with Crippen molar-refractivity contribution >= 4 is 23.1 Å². The zero-order valence-electron chi connectivity index (χ0n) is 5.89. The van der Waals surface area contributed by atoms with Crippen molar-refractivity contribution in [2.45, 2.75) is 6.42 Å². The molecule has 1 aromatic carbocycles. The van der Waals surface area contributed by atoms with Gasteiger partial charge in [0.2, 0.25) is 0 Å². The van der Waals surface area contributed by atoms with Crippen LogP contribution in [-0.2, 0) is 6.42 Å². The Balaban J connectivity index is 0. The van der Waals surface area contributed by atoms with E-state index in [1.807, 2.05) is 18.2 Å². The second-order valence-corrected chi connectivity index (χ2v) is 1.74. The molecule has 0 radical (unpaired) electrons. The third-order valence-electron chi connectivity index (χ3n) is 1.13. The first kappa shape index (κ1) is 13.1. The van der Waals surface area contributed by atoms with Gasteiger partial charge in [0.1, 0.15) is 0 Å². The minimum Gasteiger partial charge on any atom is -1.00 e. The fourth-order valence-electron chi connectivity index (χ4n) is 0.645. The van der Waals surface area contributed by atoms with Crippen molar-refractivity contribution in [1.29, 1.82) is 0 Å². The van der Waals surface area contributed by atoms with E-state index in [4.69, 9.17) is 0 Å². The van der Waals surface area contributed by atoms with Crippen molar-refractivity contribution in [2.75, 3.05) is 0 Å². The van der Waals surface area contributed by atoms with Gasteiger partial charge in [-0.1, -0.05) is 35.9 Å². The van der Waals surface area contributed by atoms with Crippen LogP contribution < -0.4 is 17.0 Å². The van der Waals surface area contributed by atoms with E-state index in [0.717, 1.165) is 6.42 Å². The molecule has 50 valence electrons. The molecule has 0 saturated heterocycles. The van der Waals surface area contributed by atoms with Gasteiger partial charge in [-0.05, 0) is 0 Å². The Bertz CT molecular complexity index is 151. The second-order valence-electron chi connectivity index (χ2n) is 1.74. The van der Waals surface area contributed by atoms with E-state index in [2.05, 4.69) is 19.1 Å². The first-order valence-corrected chi connectivity index (χ1v) is 2.76. The summed E-state index contributed by atoms with van der Waals surface area (Å²) in [4.78, 5) is 0. The van der Waals surface area contributed by atoms with Crippen LogP contribution in [0.25, 0.3) is 0 Å². The molecule has 0 N–H and O–H groups in total. The Labute approximate surface area is 88.9 Å². The summed E-state index contributed by atoms with van der Waals surface area (Å²) >= 11 is 0. The van der Waals surface area contributed by atoms with E-state index in [0.29, 0.717) is 0 Å². The molecule has 0 spiro atoms. The molecule has 0 fully saturated rings. The average molecular weight is 209 g/mol. The summed E-state index contributed by atoms with van der Waals surface area (Å²) in [7, 11) is 0. The zero-order valence-corrected chi connectivity index (χ0v) is 8.89. The van der Waals surface area contributed by atoms with Crippen LogP contribution in [0.1, 0.15) is 5.56 Å². The first-order chi connectivity index (χ1) is 3.93. The predicted octanol–water partition coefficient (Wildman–Crippen LogP) is -1.31. The average Bonchev–Trinajstić information content (AvgIpc) is 1.90. The number of benzene rings is 1. The molecule has 0 amide bonds. The molecule has 0 aliphatic heterocycles. The van der Waals surface area contributed by atoms with Crippen molar-refractivity contribution in [2.24, 2.45) is 0 Å². The molecule has 1 rings (SSSR count). The smallest absolute Gasteiger partial charge is 1.00 e. The van der Waals surface area contributed by atoms with Crippen LogP contribution in [0.5, 0.6) is 0 Å². The van der Waals surface area contributed by atoms with Crippen molar-refractivity contribution in [3.63, 3.8) is 0 Å². The summed E-state index contributed by atoms with van der Waals surface area (Å²) in [6.45, 7) is 3.76. The van der Waals surface area contributed by atoms with E-state index in [-0.39, 0.29) is 40.0 Å². The molecular weight excluding hydrogens is 200 g/mol. The monoisotopic (exact) mass is 208 g/mol. The standard InChI is InChI=1S/C8H9.BrH.Mg/c1-2-8-6-4-3-5-7-8;;/h3-7H,1-2H2;1H;/q-1;;+2/p-1. The van der Waals surface area contributed by atoms with Gasteiger partial charge in [0.05, 0.1) is 0 Å². The molecule has 0 heterocycles. The fraction of sp³-hybridized carbons (Fsp3) is 0.125. The molecule has 10 heavy (non-hydrogen) atoms. The van der Waals surface area contributed by atoms with Crippen LogP contribution in [0, 0.1) is 6.92 Å². The zero-order chi connectivity index (χ0) is 5.82. The van der Waals surface area contributed by atoms with Crippen LogP contribution >= 0.6 is 0 Å². The number of hydrogen-bond acceptors (Lipinski definition) is 0. The Morgan fingerprint density at radius 2 is 1.60 bits per heavy atom. The number of halogens is 1. The van der Waals surface area contributed by atoms with Gasteiger partial charge in [-0.2, -0.15) is 6.42 Å². The van der Waals surface area contributed by atoms with Gasteiger partial charge >= 0.3 is 23.1 Å². The maximum absolute atomic E-state index is 3.76.